The van der Waals surface area contributed by atoms with Crippen LogP contribution in [0.25, 0.3) is 11.1 Å². The summed E-state index contributed by atoms with van der Waals surface area (Å²) in [5.74, 6) is -1.75. The van der Waals surface area contributed by atoms with Crippen molar-refractivity contribution in [2.45, 2.75) is 44.2 Å². The summed E-state index contributed by atoms with van der Waals surface area (Å²) < 4.78 is 26.6. The van der Waals surface area contributed by atoms with Crippen molar-refractivity contribution in [3.8, 4) is 11.1 Å². The first kappa shape index (κ1) is 50.9. The molecule has 1 aliphatic rings. The molecule has 0 unspecified atom stereocenters. The third-order valence-corrected chi connectivity index (χ3v) is 11.2. The van der Waals surface area contributed by atoms with Gasteiger partial charge in [0, 0.05) is 37.1 Å². The minimum absolute atomic E-state index is 0.0742. The summed E-state index contributed by atoms with van der Waals surface area (Å²) in [5, 5.41) is 10.6. The fraction of sp³-hybridized carbons (Fsp3) is 0.550. The minimum Gasteiger partial charge on any atom is -0.447 e. The zero-order valence-electron chi connectivity index (χ0n) is 34.4. The summed E-state index contributed by atoms with van der Waals surface area (Å²) in [7, 11) is 2.90. The van der Waals surface area contributed by atoms with Gasteiger partial charge in [0.1, 0.15) is 31.9 Å². The lowest BCUT2D eigenvalue weighted by atomic mass is 9.98. The van der Waals surface area contributed by atoms with E-state index in [4.69, 9.17) is 40.0 Å². The van der Waals surface area contributed by atoms with E-state index in [2.05, 4.69) is 26.7 Å². The number of nitrogens with two attached hydrogens (primary N) is 2. The predicted molar refractivity (Wildman–Crippen MR) is 230 cm³/mol. The standard InChI is InChI=1S/C40H59N7O12S2/c1-2-60-61-27-34(38(42)51)46-39(52)33(45-37(50)25-57-22-20-55-18-16-44-35(48)24-56-21-19-54-17-14-41)13-7-8-15-43-36(49)26-59-47-40(53)58-23-32-30-11-5-3-9-28(30)29-10-4-6-12-31(29)32/h3-6,9-12,32-34H,2,7-8,13-27,41H2,1H3,(H2,42,51)(H,43,49)(H,44,48)(H,45,50)(H,46,52)(H,47,53)/t33-,34-/m0/s1. The highest BCUT2D eigenvalue weighted by molar-refractivity contribution is 8.76. The number of unbranched alkanes of at least 4 members (excludes halogenated alkanes) is 1. The van der Waals surface area contributed by atoms with Crippen molar-refractivity contribution in [3.05, 3.63) is 59.7 Å². The number of rotatable bonds is 33. The molecule has 1 aliphatic carbocycles. The molecule has 2 aromatic carbocycles. The molecule has 3 rings (SSSR count). The Morgan fingerprint density at radius 1 is 0.689 bits per heavy atom. The Morgan fingerprint density at radius 2 is 1.30 bits per heavy atom. The van der Waals surface area contributed by atoms with Gasteiger partial charge in [-0.05, 0) is 41.5 Å². The zero-order chi connectivity index (χ0) is 44.1. The molecule has 0 fully saturated rings. The summed E-state index contributed by atoms with van der Waals surface area (Å²) >= 11 is 0. The third-order valence-electron chi connectivity index (χ3n) is 8.73. The van der Waals surface area contributed by atoms with Crippen LogP contribution in [0.4, 0.5) is 4.79 Å². The molecule has 0 aliphatic heterocycles. The van der Waals surface area contributed by atoms with Gasteiger partial charge in [-0.1, -0.05) is 77.0 Å². The fourth-order valence-electron chi connectivity index (χ4n) is 5.88. The van der Waals surface area contributed by atoms with Crippen LogP contribution in [-0.4, -0.2) is 145 Å². The fourth-order valence-corrected chi connectivity index (χ4v) is 7.72. The lowest BCUT2D eigenvalue weighted by Gasteiger charge is -2.22. The maximum atomic E-state index is 13.2. The average Bonchev–Trinajstić information content (AvgIpc) is 3.57. The Balaban J connectivity index is 1.32. The summed E-state index contributed by atoms with van der Waals surface area (Å²) in [6.07, 6.45) is 0.179. The third kappa shape index (κ3) is 20.3. The number of fused-ring (bicyclic) bond motifs is 3. The molecule has 0 saturated heterocycles. The Morgan fingerprint density at radius 3 is 1.95 bits per heavy atom. The lowest BCUT2D eigenvalue weighted by Crippen LogP contribution is -2.54. The van der Waals surface area contributed by atoms with Crippen molar-refractivity contribution in [2.75, 3.05) is 97.2 Å². The molecular weight excluding hydrogens is 835 g/mol. The lowest BCUT2D eigenvalue weighted by molar-refractivity contribution is -0.133. The van der Waals surface area contributed by atoms with Crippen molar-refractivity contribution in [1.29, 1.82) is 0 Å². The van der Waals surface area contributed by atoms with Crippen molar-refractivity contribution < 1.29 is 57.3 Å². The average molecular weight is 894 g/mol. The van der Waals surface area contributed by atoms with E-state index in [1.54, 1.807) is 0 Å². The van der Waals surface area contributed by atoms with Crippen LogP contribution in [0.1, 0.15) is 43.2 Å². The molecule has 61 heavy (non-hydrogen) atoms. The molecule has 19 nitrogen and oxygen atoms in total. The summed E-state index contributed by atoms with van der Waals surface area (Å²) in [6, 6.07) is 13.9. The first-order chi connectivity index (χ1) is 29.6. The van der Waals surface area contributed by atoms with Gasteiger partial charge in [0.25, 0.3) is 0 Å². The molecule has 0 spiro atoms. The number of benzene rings is 2. The number of hydrogen-bond donors (Lipinski definition) is 7. The highest BCUT2D eigenvalue weighted by Gasteiger charge is 2.29. The van der Waals surface area contributed by atoms with Gasteiger partial charge in [-0.15, -0.1) is 0 Å². The first-order valence-electron chi connectivity index (χ1n) is 20.0. The van der Waals surface area contributed by atoms with Crippen molar-refractivity contribution in [2.24, 2.45) is 11.5 Å². The number of nitrogens with one attached hydrogen (secondary N) is 5. The number of primary amides is 1. The topological polar surface area (TPSA) is 270 Å². The Hall–Kier alpha value is -4.48. The quantitative estimate of drug-likeness (QED) is 0.0296. The smallest absolute Gasteiger partial charge is 0.431 e. The van der Waals surface area contributed by atoms with E-state index >= 15 is 0 Å². The number of ether oxygens (including phenoxy) is 5. The number of carbonyl (C=O) groups is 6. The van der Waals surface area contributed by atoms with Crippen LogP contribution in [0.2, 0.25) is 0 Å². The minimum atomic E-state index is -1.02. The number of hydroxylamine groups is 1. The Kier molecular flexibility index (Phi) is 25.5. The SMILES string of the molecule is CCSSC[C@H](NC(=O)[C@H](CCCCNC(=O)CONC(=O)OCC1c2ccccc2-c2ccccc21)NC(=O)COCCOCCNC(=O)COCCOCCN)C(N)=O. The molecule has 0 saturated carbocycles. The van der Waals surface area contributed by atoms with Gasteiger partial charge in [0.2, 0.25) is 29.5 Å². The van der Waals surface area contributed by atoms with Crippen LogP contribution in [0, 0.1) is 0 Å². The predicted octanol–water partition coefficient (Wildman–Crippen LogP) is 0.741. The van der Waals surface area contributed by atoms with Crippen LogP contribution in [0.15, 0.2) is 48.5 Å². The second-order valence-electron chi connectivity index (χ2n) is 13.3. The second-order valence-corrected chi connectivity index (χ2v) is 16.1. The highest BCUT2D eigenvalue weighted by Crippen LogP contribution is 2.44. The first-order valence-corrected chi connectivity index (χ1v) is 22.5. The van der Waals surface area contributed by atoms with E-state index in [1.807, 2.05) is 55.5 Å². The van der Waals surface area contributed by atoms with Crippen molar-refractivity contribution >= 4 is 57.2 Å². The van der Waals surface area contributed by atoms with Crippen molar-refractivity contribution in [3.63, 3.8) is 0 Å². The van der Waals surface area contributed by atoms with Gasteiger partial charge >= 0.3 is 6.09 Å². The van der Waals surface area contributed by atoms with E-state index in [0.717, 1.165) is 28.0 Å². The summed E-state index contributed by atoms with van der Waals surface area (Å²) in [4.78, 5) is 79.6. The molecule has 338 valence electrons. The second kappa shape index (κ2) is 30.5. The molecule has 0 bridgehead atoms. The molecular formula is C40H59N7O12S2. The maximum Gasteiger partial charge on any atom is 0.431 e. The summed E-state index contributed by atoms with van der Waals surface area (Å²) in [6.45, 7) is 3.49. The van der Waals surface area contributed by atoms with Crippen LogP contribution in [0.5, 0.6) is 0 Å². The van der Waals surface area contributed by atoms with Crippen LogP contribution in [-0.2, 0) is 52.5 Å². The van der Waals surface area contributed by atoms with E-state index in [-0.39, 0.29) is 83.3 Å². The molecule has 0 heterocycles. The largest absolute Gasteiger partial charge is 0.447 e. The normalized spacial score (nSPS) is 12.7. The van der Waals surface area contributed by atoms with E-state index < -0.39 is 48.4 Å². The van der Waals surface area contributed by atoms with Gasteiger partial charge in [-0.25, -0.2) is 4.79 Å². The van der Waals surface area contributed by atoms with Gasteiger partial charge in [-0.3, -0.25) is 28.8 Å². The van der Waals surface area contributed by atoms with Gasteiger partial charge < -0.3 is 56.4 Å². The van der Waals surface area contributed by atoms with Gasteiger partial charge in [-0.2, -0.15) is 5.48 Å². The van der Waals surface area contributed by atoms with Crippen LogP contribution in [0.3, 0.4) is 0 Å². The Bertz CT molecular complexity index is 1630. The molecule has 21 heteroatoms. The monoisotopic (exact) mass is 893 g/mol. The maximum absolute atomic E-state index is 13.2. The molecule has 2 atom stereocenters. The molecule has 6 amide bonds. The number of hydrogen-bond acceptors (Lipinski definition) is 15. The molecule has 0 radical (unpaired) electrons. The van der Waals surface area contributed by atoms with Gasteiger partial charge in [0.15, 0.2) is 6.61 Å². The van der Waals surface area contributed by atoms with Crippen LogP contribution >= 0.6 is 21.6 Å². The molecule has 9 N–H and O–H groups in total. The van der Waals surface area contributed by atoms with E-state index in [9.17, 15) is 28.8 Å². The van der Waals surface area contributed by atoms with Crippen molar-refractivity contribution in [1.82, 2.24) is 26.7 Å². The van der Waals surface area contributed by atoms with E-state index in [0.29, 0.717) is 32.6 Å². The van der Waals surface area contributed by atoms with Crippen LogP contribution < -0.4 is 38.2 Å². The molecule has 0 aromatic heterocycles. The molecule has 2 aromatic rings. The number of carbonyl (C=O) groups excluding carboxylic acids is 6. The zero-order valence-corrected chi connectivity index (χ0v) is 36.1. The number of amides is 6. The Labute approximate surface area is 363 Å². The van der Waals surface area contributed by atoms with Gasteiger partial charge in [0.05, 0.1) is 39.6 Å². The highest BCUT2D eigenvalue weighted by atomic mass is 33.1. The van der Waals surface area contributed by atoms with E-state index in [1.165, 1.54) is 21.6 Å². The summed E-state index contributed by atoms with van der Waals surface area (Å²) in [5.41, 5.74) is 17.3.